The van der Waals surface area contributed by atoms with Crippen molar-refractivity contribution in [2.24, 2.45) is 0 Å². The maximum absolute atomic E-state index is 13.4. The van der Waals surface area contributed by atoms with Crippen molar-refractivity contribution >= 4 is 21.9 Å². The summed E-state index contributed by atoms with van der Waals surface area (Å²) in [6.45, 7) is 0. The number of nitrogens with one attached hydrogen (secondary N) is 1. The highest BCUT2D eigenvalue weighted by Crippen LogP contribution is 2.36. The second kappa shape index (κ2) is 4.52. The minimum Gasteiger partial charge on any atom is -0.340 e. The highest BCUT2D eigenvalue weighted by molar-refractivity contribution is 6.02. The Morgan fingerprint density at radius 1 is 1.33 bits per heavy atom. The van der Waals surface area contributed by atoms with Gasteiger partial charge in [0, 0.05) is 11.3 Å². The molecule has 0 saturated heterocycles. The standard InChI is InChI=1S/C16H13FN4/c17-11-3-2-10(6-11)16-20-14-8-19-13-4-1-9(7-18)5-12(13)15(14)21-16/h1,4-5,8,10-11H,2-3,6H2,(H,20,21). The molecule has 4 rings (SSSR count). The molecule has 1 N–H and O–H groups in total. The summed E-state index contributed by atoms with van der Waals surface area (Å²) in [7, 11) is 0. The van der Waals surface area contributed by atoms with Gasteiger partial charge in [-0.05, 0) is 37.5 Å². The van der Waals surface area contributed by atoms with Gasteiger partial charge in [0.15, 0.2) is 0 Å². The molecular formula is C16H13FN4. The minimum atomic E-state index is -0.719. The first-order chi connectivity index (χ1) is 10.2. The number of hydrogen-bond acceptors (Lipinski definition) is 3. The fourth-order valence-corrected chi connectivity index (χ4v) is 3.11. The Morgan fingerprint density at radius 2 is 2.24 bits per heavy atom. The number of hydrogen-bond donors (Lipinski definition) is 1. The zero-order valence-corrected chi connectivity index (χ0v) is 11.3. The van der Waals surface area contributed by atoms with Crippen LogP contribution in [0.1, 0.15) is 36.6 Å². The van der Waals surface area contributed by atoms with Crippen LogP contribution < -0.4 is 0 Å². The van der Waals surface area contributed by atoms with Gasteiger partial charge in [0.2, 0.25) is 0 Å². The lowest BCUT2D eigenvalue weighted by atomic mass is 10.1. The minimum absolute atomic E-state index is 0.154. The van der Waals surface area contributed by atoms with Crippen LogP contribution >= 0.6 is 0 Å². The molecule has 1 aliphatic carbocycles. The second-order valence-corrected chi connectivity index (χ2v) is 5.59. The maximum Gasteiger partial charge on any atom is 0.110 e. The van der Waals surface area contributed by atoms with Gasteiger partial charge in [-0.2, -0.15) is 5.26 Å². The summed E-state index contributed by atoms with van der Waals surface area (Å²) in [6, 6.07) is 7.52. The summed E-state index contributed by atoms with van der Waals surface area (Å²) in [5, 5.41) is 9.90. The molecule has 0 radical (unpaired) electrons. The number of aromatic amines is 1. The number of nitrogens with zero attached hydrogens (tertiary/aromatic N) is 3. The van der Waals surface area contributed by atoms with Gasteiger partial charge in [-0.1, -0.05) is 0 Å². The average Bonchev–Trinajstić information content (AvgIpc) is 3.12. The van der Waals surface area contributed by atoms with Crippen molar-refractivity contribution in [1.82, 2.24) is 15.0 Å². The Hall–Kier alpha value is -2.48. The first-order valence-electron chi connectivity index (χ1n) is 7.07. The van der Waals surface area contributed by atoms with E-state index in [4.69, 9.17) is 5.26 Å². The molecule has 2 aromatic heterocycles. The van der Waals surface area contributed by atoms with E-state index in [2.05, 4.69) is 21.0 Å². The number of nitriles is 1. The van der Waals surface area contributed by atoms with Crippen molar-refractivity contribution < 1.29 is 4.39 Å². The molecule has 0 bridgehead atoms. The molecule has 1 aliphatic rings. The smallest absolute Gasteiger partial charge is 0.110 e. The lowest BCUT2D eigenvalue weighted by Crippen LogP contribution is -1.97. The molecule has 1 aromatic carbocycles. The molecular weight excluding hydrogens is 267 g/mol. The van der Waals surface area contributed by atoms with Gasteiger partial charge < -0.3 is 4.98 Å². The topological polar surface area (TPSA) is 65.4 Å². The number of halogens is 1. The predicted molar refractivity (Wildman–Crippen MR) is 77.6 cm³/mol. The molecule has 21 heavy (non-hydrogen) atoms. The Morgan fingerprint density at radius 3 is 3.00 bits per heavy atom. The Kier molecular flexibility index (Phi) is 2.64. The third-order valence-corrected chi connectivity index (χ3v) is 4.22. The van der Waals surface area contributed by atoms with E-state index in [0.717, 1.165) is 34.2 Å². The van der Waals surface area contributed by atoms with E-state index in [-0.39, 0.29) is 5.92 Å². The lowest BCUT2D eigenvalue weighted by molar-refractivity contribution is 0.338. The first-order valence-corrected chi connectivity index (χ1v) is 7.07. The number of H-pyrrole nitrogens is 1. The largest absolute Gasteiger partial charge is 0.340 e. The van der Waals surface area contributed by atoms with Crippen molar-refractivity contribution in [2.75, 3.05) is 0 Å². The summed E-state index contributed by atoms with van der Waals surface area (Å²) in [6.07, 6.45) is 3.01. The third-order valence-electron chi connectivity index (χ3n) is 4.22. The van der Waals surface area contributed by atoms with E-state index in [9.17, 15) is 4.39 Å². The van der Waals surface area contributed by atoms with E-state index in [0.29, 0.717) is 18.4 Å². The monoisotopic (exact) mass is 280 g/mol. The zero-order valence-electron chi connectivity index (χ0n) is 11.3. The summed E-state index contributed by atoms with van der Waals surface area (Å²) >= 11 is 0. The van der Waals surface area contributed by atoms with Gasteiger partial charge in [-0.15, -0.1) is 0 Å². The number of fused-ring (bicyclic) bond motifs is 3. The highest BCUT2D eigenvalue weighted by Gasteiger charge is 2.28. The van der Waals surface area contributed by atoms with E-state index in [1.807, 2.05) is 12.1 Å². The van der Waals surface area contributed by atoms with E-state index < -0.39 is 6.17 Å². The van der Waals surface area contributed by atoms with Gasteiger partial charge in [-0.3, -0.25) is 4.98 Å². The number of rotatable bonds is 1. The molecule has 104 valence electrons. The van der Waals surface area contributed by atoms with Crippen molar-refractivity contribution in [3.63, 3.8) is 0 Å². The Bertz CT molecular complexity index is 877. The number of imidazole rings is 1. The van der Waals surface area contributed by atoms with Crippen LogP contribution in [0, 0.1) is 11.3 Å². The van der Waals surface area contributed by atoms with Crippen LogP contribution in [0.2, 0.25) is 0 Å². The number of pyridine rings is 1. The molecule has 0 amide bonds. The molecule has 3 aromatic rings. The van der Waals surface area contributed by atoms with E-state index >= 15 is 0 Å². The van der Waals surface area contributed by atoms with E-state index in [1.165, 1.54) is 0 Å². The average molecular weight is 280 g/mol. The van der Waals surface area contributed by atoms with Crippen molar-refractivity contribution in [1.29, 1.82) is 5.26 Å². The third kappa shape index (κ3) is 1.95. The quantitative estimate of drug-likeness (QED) is 0.740. The summed E-state index contributed by atoms with van der Waals surface area (Å²) in [5.41, 5.74) is 3.06. The molecule has 5 heteroatoms. The molecule has 4 nitrogen and oxygen atoms in total. The van der Waals surface area contributed by atoms with Gasteiger partial charge in [-0.25, -0.2) is 9.37 Å². The van der Waals surface area contributed by atoms with Crippen LogP contribution in [0.5, 0.6) is 0 Å². The lowest BCUT2D eigenvalue weighted by Gasteiger charge is -2.03. The molecule has 0 spiro atoms. The van der Waals surface area contributed by atoms with Gasteiger partial charge in [0.1, 0.15) is 12.0 Å². The van der Waals surface area contributed by atoms with Crippen LogP contribution in [0.25, 0.3) is 21.9 Å². The summed E-state index contributed by atoms with van der Waals surface area (Å²) in [4.78, 5) is 12.3. The van der Waals surface area contributed by atoms with Crippen LogP contribution in [0.3, 0.4) is 0 Å². The molecule has 1 saturated carbocycles. The second-order valence-electron chi connectivity index (χ2n) is 5.59. The Balaban J connectivity index is 1.90. The predicted octanol–water partition coefficient (Wildman–Crippen LogP) is 3.59. The molecule has 2 unspecified atom stereocenters. The Labute approximate surface area is 120 Å². The van der Waals surface area contributed by atoms with Gasteiger partial charge in [0.25, 0.3) is 0 Å². The molecule has 2 atom stereocenters. The SMILES string of the molecule is N#Cc1ccc2ncc3[nH]c(C4CCC(F)C4)nc3c2c1. The van der Waals surface area contributed by atoms with Crippen LogP contribution in [0.4, 0.5) is 4.39 Å². The van der Waals surface area contributed by atoms with Crippen LogP contribution in [-0.4, -0.2) is 21.1 Å². The van der Waals surface area contributed by atoms with Crippen molar-refractivity contribution in [3.8, 4) is 6.07 Å². The first kappa shape index (κ1) is 12.3. The number of alkyl halides is 1. The summed E-state index contributed by atoms with van der Waals surface area (Å²) < 4.78 is 13.4. The maximum atomic E-state index is 13.4. The zero-order chi connectivity index (χ0) is 14.4. The number of benzene rings is 1. The highest BCUT2D eigenvalue weighted by atomic mass is 19.1. The number of aromatic nitrogens is 3. The van der Waals surface area contributed by atoms with Gasteiger partial charge in [0.05, 0.1) is 34.4 Å². The van der Waals surface area contributed by atoms with Crippen LogP contribution in [0.15, 0.2) is 24.4 Å². The van der Waals surface area contributed by atoms with Crippen molar-refractivity contribution in [3.05, 3.63) is 35.8 Å². The van der Waals surface area contributed by atoms with E-state index in [1.54, 1.807) is 12.3 Å². The van der Waals surface area contributed by atoms with Crippen LogP contribution in [-0.2, 0) is 0 Å². The molecule has 0 aliphatic heterocycles. The fourth-order valence-electron chi connectivity index (χ4n) is 3.11. The fraction of sp³-hybridized carbons (Fsp3) is 0.312. The summed E-state index contributed by atoms with van der Waals surface area (Å²) in [5.74, 6) is 0.989. The van der Waals surface area contributed by atoms with Crippen molar-refractivity contribution in [2.45, 2.75) is 31.4 Å². The van der Waals surface area contributed by atoms with Gasteiger partial charge >= 0.3 is 0 Å². The molecule has 1 fully saturated rings. The normalized spacial score (nSPS) is 21.9. The molecule has 2 heterocycles.